The Hall–Kier alpha value is -3.29. The third kappa shape index (κ3) is 5.25. The lowest BCUT2D eigenvalue weighted by molar-refractivity contribution is 0.323. The molecule has 1 heterocycles. The zero-order valence-corrected chi connectivity index (χ0v) is 18.9. The van der Waals surface area contributed by atoms with Crippen molar-refractivity contribution >= 4 is 11.6 Å². The van der Waals surface area contributed by atoms with E-state index in [0.717, 1.165) is 42.5 Å². The highest BCUT2D eigenvalue weighted by molar-refractivity contribution is 5.80. The van der Waals surface area contributed by atoms with Crippen LogP contribution in [0.1, 0.15) is 12.0 Å². The molecule has 168 valence electrons. The molecule has 1 aliphatic heterocycles. The topological polar surface area (TPSA) is 76.6 Å². The quantitative estimate of drug-likeness (QED) is 0.494. The van der Waals surface area contributed by atoms with Crippen molar-refractivity contribution in [2.45, 2.75) is 19.0 Å². The molecule has 0 amide bonds. The minimum atomic E-state index is 0.288. The van der Waals surface area contributed by atoms with E-state index in [9.17, 15) is 0 Å². The van der Waals surface area contributed by atoms with Crippen molar-refractivity contribution in [3.05, 3.63) is 42.0 Å². The van der Waals surface area contributed by atoms with Crippen molar-refractivity contribution in [2.24, 2.45) is 4.99 Å². The lowest BCUT2D eigenvalue weighted by Crippen LogP contribution is -2.44. The summed E-state index contributed by atoms with van der Waals surface area (Å²) in [6.45, 7) is 2.41. The smallest absolute Gasteiger partial charge is 0.203 e. The van der Waals surface area contributed by atoms with Gasteiger partial charge in [0, 0.05) is 32.7 Å². The third-order valence-corrected chi connectivity index (χ3v) is 5.36. The first-order chi connectivity index (χ1) is 15.1. The van der Waals surface area contributed by atoms with E-state index in [0.29, 0.717) is 23.8 Å². The average molecular weight is 429 g/mol. The van der Waals surface area contributed by atoms with E-state index in [1.54, 1.807) is 35.5 Å². The Bertz CT molecular complexity index is 878. The van der Waals surface area contributed by atoms with Gasteiger partial charge in [0.2, 0.25) is 5.75 Å². The normalized spacial score (nSPS) is 16.1. The molecule has 0 aromatic heterocycles. The highest BCUT2D eigenvalue weighted by Crippen LogP contribution is 2.38. The fraction of sp³-hybridized carbons (Fsp3) is 0.435. The van der Waals surface area contributed by atoms with Gasteiger partial charge in [0.15, 0.2) is 17.5 Å². The predicted molar refractivity (Wildman–Crippen MR) is 123 cm³/mol. The molecule has 0 radical (unpaired) electrons. The lowest BCUT2D eigenvalue weighted by Gasteiger charge is -2.22. The molecule has 2 aromatic rings. The lowest BCUT2D eigenvalue weighted by atomic mass is 10.2. The van der Waals surface area contributed by atoms with Crippen LogP contribution in [0, 0.1) is 0 Å². The monoisotopic (exact) mass is 428 g/mol. The number of para-hydroxylation sites is 2. The van der Waals surface area contributed by atoms with Crippen LogP contribution < -0.4 is 34.5 Å². The summed E-state index contributed by atoms with van der Waals surface area (Å²) in [6.07, 6.45) is 1.02. The fourth-order valence-corrected chi connectivity index (χ4v) is 3.80. The van der Waals surface area contributed by atoms with Gasteiger partial charge in [0.1, 0.15) is 5.75 Å². The van der Waals surface area contributed by atoms with Crippen LogP contribution in [0.5, 0.6) is 23.0 Å². The summed E-state index contributed by atoms with van der Waals surface area (Å²) in [4.78, 5) is 6.72. The highest BCUT2D eigenvalue weighted by atomic mass is 16.5. The Labute approximate surface area is 184 Å². The number of guanidine groups is 1. The van der Waals surface area contributed by atoms with E-state index < -0.39 is 0 Å². The van der Waals surface area contributed by atoms with Crippen molar-refractivity contribution in [3.8, 4) is 23.0 Å². The molecule has 0 saturated carbocycles. The molecule has 1 saturated heterocycles. The molecule has 3 rings (SSSR count). The Kier molecular flexibility index (Phi) is 7.70. The van der Waals surface area contributed by atoms with Crippen molar-refractivity contribution in [3.63, 3.8) is 0 Å². The SMILES string of the molecule is CN=C(NCc1cc(OC)c(OC)c(OC)c1)NC1CCN(c2ccccc2OC)C1. The summed E-state index contributed by atoms with van der Waals surface area (Å²) < 4.78 is 21.8. The van der Waals surface area contributed by atoms with Gasteiger partial charge in [0.05, 0.1) is 34.1 Å². The Balaban J connectivity index is 1.61. The Morgan fingerprint density at radius 3 is 2.29 bits per heavy atom. The minimum absolute atomic E-state index is 0.288. The fourth-order valence-electron chi connectivity index (χ4n) is 3.80. The molecule has 0 aliphatic carbocycles. The number of rotatable bonds is 8. The molecule has 1 unspecified atom stereocenters. The van der Waals surface area contributed by atoms with Crippen LogP contribution in [0.4, 0.5) is 5.69 Å². The van der Waals surface area contributed by atoms with Crippen molar-refractivity contribution in [1.82, 2.24) is 10.6 Å². The molecule has 1 aliphatic rings. The second kappa shape index (κ2) is 10.7. The largest absolute Gasteiger partial charge is 0.495 e. The van der Waals surface area contributed by atoms with Gasteiger partial charge in [-0.15, -0.1) is 0 Å². The molecular formula is C23H32N4O4. The number of hydrogen-bond donors (Lipinski definition) is 2. The molecule has 1 fully saturated rings. The summed E-state index contributed by atoms with van der Waals surface area (Å²) >= 11 is 0. The molecule has 8 nitrogen and oxygen atoms in total. The van der Waals surface area contributed by atoms with Crippen LogP contribution in [-0.2, 0) is 6.54 Å². The van der Waals surface area contributed by atoms with Gasteiger partial charge in [-0.3, -0.25) is 4.99 Å². The molecule has 2 N–H and O–H groups in total. The minimum Gasteiger partial charge on any atom is -0.495 e. The molecule has 0 spiro atoms. The van der Waals surface area contributed by atoms with E-state index in [4.69, 9.17) is 18.9 Å². The van der Waals surface area contributed by atoms with E-state index in [1.807, 2.05) is 30.3 Å². The summed E-state index contributed by atoms with van der Waals surface area (Å²) in [5.41, 5.74) is 2.12. The van der Waals surface area contributed by atoms with Gasteiger partial charge in [-0.25, -0.2) is 0 Å². The van der Waals surface area contributed by atoms with E-state index in [2.05, 4.69) is 26.6 Å². The first kappa shape index (κ1) is 22.4. The van der Waals surface area contributed by atoms with Gasteiger partial charge >= 0.3 is 0 Å². The molecular weight excluding hydrogens is 396 g/mol. The van der Waals surface area contributed by atoms with Gasteiger partial charge in [-0.2, -0.15) is 0 Å². The van der Waals surface area contributed by atoms with E-state index in [-0.39, 0.29) is 6.04 Å². The number of benzene rings is 2. The van der Waals surface area contributed by atoms with Crippen LogP contribution >= 0.6 is 0 Å². The van der Waals surface area contributed by atoms with Crippen LogP contribution in [0.2, 0.25) is 0 Å². The summed E-state index contributed by atoms with van der Waals surface area (Å²) in [6, 6.07) is 12.3. The molecule has 0 bridgehead atoms. The van der Waals surface area contributed by atoms with Crippen molar-refractivity contribution in [2.75, 3.05) is 53.5 Å². The maximum Gasteiger partial charge on any atom is 0.203 e. The van der Waals surface area contributed by atoms with Gasteiger partial charge in [0.25, 0.3) is 0 Å². The van der Waals surface area contributed by atoms with Crippen molar-refractivity contribution in [1.29, 1.82) is 0 Å². The zero-order valence-electron chi connectivity index (χ0n) is 18.9. The van der Waals surface area contributed by atoms with Gasteiger partial charge in [-0.05, 0) is 36.2 Å². The van der Waals surface area contributed by atoms with Gasteiger partial charge < -0.3 is 34.5 Å². The Morgan fingerprint density at radius 2 is 1.68 bits per heavy atom. The van der Waals surface area contributed by atoms with E-state index >= 15 is 0 Å². The number of nitrogens with zero attached hydrogens (tertiary/aromatic N) is 2. The molecule has 8 heteroatoms. The van der Waals surface area contributed by atoms with Crippen LogP contribution in [0.15, 0.2) is 41.4 Å². The zero-order chi connectivity index (χ0) is 22.2. The molecule has 1 atom stereocenters. The van der Waals surface area contributed by atoms with Crippen LogP contribution in [0.25, 0.3) is 0 Å². The first-order valence-electron chi connectivity index (χ1n) is 10.3. The predicted octanol–water partition coefficient (Wildman–Crippen LogP) is 2.66. The second-order valence-electron chi connectivity index (χ2n) is 7.21. The number of aliphatic imine (C=N–C) groups is 1. The second-order valence-corrected chi connectivity index (χ2v) is 7.21. The van der Waals surface area contributed by atoms with Crippen LogP contribution in [0.3, 0.4) is 0 Å². The summed E-state index contributed by atoms with van der Waals surface area (Å²) in [5, 5.41) is 6.90. The number of ether oxygens (including phenoxy) is 4. The number of hydrogen-bond acceptors (Lipinski definition) is 6. The third-order valence-electron chi connectivity index (χ3n) is 5.36. The van der Waals surface area contributed by atoms with E-state index in [1.165, 1.54) is 0 Å². The summed E-state index contributed by atoms with van der Waals surface area (Å²) in [5.74, 6) is 3.49. The van der Waals surface area contributed by atoms with Crippen LogP contribution in [-0.4, -0.2) is 60.6 Å². The Morgan fingerprint density at radius 1 is 1.00 bits per heavy atom. The maximum absolute atomic E-state index is 5.51. The highest BCUT2D eigenvalue weighted by Gasteiger charge is 2.25. The maximum atomic E-state index is 5.51. The summed E-state index contributed by atoms with van der Waals surface area (Å²) in [7, 11) is 8.31. The number of methoxy groups -OCH3 is 4. The first-order valence-corrected chi connectivity index (χ1v) is 10.3. The average Bonchev–Trinajstić information content (AvgIpc) is 3.29. The molecule has 2 aromatic carbocycles. The standard InChI is InChI=1S/C23H32N4O4/c1-24-23(25-14-16-12-20(29-3)22(31-5)21(13-16)30-4)26-17-10-11-27(15-17)18-8-6-7-9-19(18)28-2/h6-9,12-13,17H,10-11,14-15H2,1-5H3,(H2,24,25,26). The number of anilines is 1. The van der Waals surface area contributed by atoms with Crippen molar-refractivity contribution < 1.29 is 18.9 Å². The molecule has 31 heavy (non-hydrogen) atoms. The number of nitrogens with one attached hydrogen (secondary N) is 2. The van der Waals surface area contributed by atoms with Gasteiger partial charge in [-0.1, -0.05) is 12.1 Å².